The van der Waals surface area contributed by atoms with Gasteiger partial charge in [0.15, 0.2) is 0 Å². The van der Waals surface area contributed by atoms with Crippen LogP contribution in [0, 0.1) is 0 Å². The number of piperazine rings is 1. The number of aromatic amines is 1. The Hall–Kier alpha value is -2.64. The Kier molecular flexibility index (Phi) is 4.13. The number of anilines is 1. The second-order valence-electron chi connectivity index (χ2n) is 6.80. The van der Waals surface area contributed by atoms with Gasteiger partial charge in [0.05, 0.1) is 5.39 Å². The second kappa shape index (κ2) is 6.10. The summed E-state index contributed by atoms with van der Waals surface area (Å²) in [7, 11) is 0. The molecule has 0 atom stereocenters. The Morgan fingerprint density at radius 2 is 1.92 bits per heavy atom. The molecular formula is C16H21N5O3. The van der Waals surface area contributed by atoms with Gasteiger partial charge in [0.25, 0.3) is 5.56 Å². The van der Waals surface area contributed by atoms with Crippen LogP contribution in [0.15, 0.2) is 23.0 Å². The minimum atomic E-state index is -0.491. The predicted octanol–water partition coefficient (Wildman–Crippen LogP) is 1.38. The first-order valence-electron chi connectivity index (χ1n) is 7.91. The van der Waals surface area contributed by atoms with Gasteiger partial charge in [-0.2, -0.15) is 0 Å². The number of hydrogen-bond acceptors (Lipinski definition) is 6. The van der Waals surface area contributed by atoms with Crippen LogP contribution in [0.2, 0.25) is 0 Å². The van der Waals surface area contributed by atoms with Crippen molar-refractivity contribution < 1.29 is 9.53 Å². The topological polar surface area (TPSA) is 91.4 Å². The molecule has 1 fully saturated rings. The number of H-pyrrole nitrogens is 1. The maximum atomic E-state index is 12.1. The molecule has 24 heavy (non-hydrogen) atoms. The first-order chi connectivity index (χ1) is 11.3. The van der Waals surface area contributed by atoms with E-state index in [4.69, 9.17) is 4.74 Å². The van der Waals surface area contributed by atoms with Gasteiger partial charge in [-0.15, -0.1) is 5.10 Å². The molecule has 1 aliphatic heterocycles. The average Bonchev–Trinajstić information content (AvgIpc) is 2.53. The molecule has 2 aromatic rings. The van der Waals surface area contributed by atoms with Crippen LogP contribution in [-0.2, 0) is 4.74 Å². The minimum Gasteiger partial charge on any atom is -0.444 e. The number of fused-ring (bicyclic) bond motifs is 1. The number of nitrogens with one attached hydrogen (secondary N) is 1. The maximum absolute atomic E-state index is 12.1. The lowest BCUT2D eigenvalue weighted by molar-refractivity contribution is 0.0240. The van der Waals surface area contributed by atoms with Crippen molar-refractivity contribution in [3.8, 4) is 0 Å². The molecular weight excluding hydrogens is 310 g/mol. The van der Waals surface area contributed by atoms with Crippen LogP contribution in [-0.4, -0.2) is 58.2 Å². The molecule has 0 bridgehead atoms. The summed E-state index contributed by atoms with van der Waals surface area (Å²) >= 11 is 0. The third-order valence-corrected chi connectivity index (χ3v) is 3.83. The molecule has 0 radical (unpaired) electrons. The fraction of sp³-hybridized carbons (Fsp3) is 0.500. The molecule has 8 nitrogen and oxygen atoms in total. The fourth-order valence-electron chi connectivity index (χ4n) is 2.65. The highest BCUT2D eigenvalue weighted by Gasteiger charge is 2.26. The monoisotopic (exact) mass is 331 g/mol. The van der Waals surface area contributed by atoms with Crippen molar-refractivity contribution in [3.05, 3.63) is 28.6 Å². The molecule has 1 aromatic heterocycles. The largest absolute Gasteiger partial charge is 0.444 e. The molecule has 1 aromatic carbocycles. The molecule has 2 heterocycles. The minimum absolute atomic E-state index is 0.255. The van der Waals surface area contributed by atoms with Crippen molar-refractivity contribution >= 4 is 22.7 Å². The summed E-state index contributed by atoms with van der Waals surface area (Å²) in [6, 6.07) is 5.51. The van der Waals surface area contributed by atoms with Crippen LogP contribution in [0.3, 0.4) is 0 Å². The molecule has 0 aliphatic carbocycles. The zero-order valence-corrected chi connectivity index (χ0v) is 14.1. The number of hydrogen-bond donors (Lipinski definition) is 1. The summed E-state index contributed by atoms with van der Waals surface area (Å²) in [6.45, 7) is 8.10. The van der Waals surface area contributed by atoms with Gasteiger partial charge in [0.2, 0.25) is 0 Å². The standard InChI is InChI=1S/C16H21N5O3/c1-16(2,3)24-15(23)21-8-6-20(7-9-21)11-4-5-13-12(10-11)14(22)18-19-17-13/h4-5,10H,6-9H2,1-3H3,(H,17,18,22). The van der Waals surface area contributed by atoms with E-state index in [2.05, 4.69) is 20.3 Å². The van der Waals surface area contributed by atoms with E-state index >= 15 is 0 Å². The maximum Gasteiger partial charge on any atom is 0.410 e. The molecule has 3 rings (SSSR count). The van der Waals surface area contributed by atoms with Crippen LogP contribution in [0.4, 0.5) is 10.5 Å². The molecule has 0 spiro atoms. The highest BCUT2D eigenvalue weighted by Crippen LogP contribution is 2.20. The predicted molar refractivity (Wildman–Crippen MR) is 90.2 cm³/mol. The van der Waals surface area contributed by atoms with Gasteiger partial charge in [-0.05, 0) is 39.0 Å². The van der Waals surface area contributed by atoms with Gasteiger partial charge in [-0.3, -0.25) is 4.79 Å². The Balaban J connectivity index is 1.70. The Morgan fingerprint density at radius 3 is 2.58 bits per heavy atom. The number of rotatable bonds is 1. The summed E-state index contributed by atoms with van der Waals surface area (Å²) < 4.78 is 5.40. The molecule has 0 saturated carbocycles. The van der Waals surface area contributed by atoms with Gasteiger partial charge < -0.3 is 14.5 Å². The van der Waals surface area contributed by atoms with Crippen molar-refractivity contribution in [1.29, 1.82) is 0 Å². The Morgan fingerprint density at radius 1 is 1.21 bits per heavy atom. The number of benzene rings is 1. The molecule has 128 valence electrons. The third kappa shape index (κ3) is 3.47. The van der Waals surface area contributed by atoms with Crippen LogP contribution in [0.5, 0.6) is 0 Å². The summed E-state index contributed by atoms with van der Waals surface area (Å²) in [5.41, 5.74) is 0.753. The normalized spacial score (nSPS) is 15.6. The van der Waals surface area contributed by atoms with E-state index in [-0.39, 0.29) is 11.7 Å². The summed E-state index contributed by atoms with van der Waals surface area (Å²) in [5.74, 6) is 0. The fourth-order valence-corrected chi connectivity index (χ4v) is 2.65. The first-order valence-corrected chi connectivity index (χ1v) is 7.91. The van der Waals surface area contributed by atoms with Gasteiger partial charge in [0.1, 0.15) is 11.1 Å². The average molecular weight is 331 g/mol. The Bertz CT molecular complexity index is 803. The SMILES string of the molecule is CC(C)(C)OC(=O)N1CCN(c2ccc3nn[nH]c(=O)c3c2)CC1. The molecule has 8 heteroatoms. The third-order valence-electron chi connectivity index (χ3n) is 3.83. The molecule has 0 unspecified atom stereocenters. The van der Waals surface area contributed by atoms with Crippen molar-refractivity contribution in [2.45, 2.75) is 26.4 Å². The smallest absolute Gasteiger partial charge is 0.410 e. The number of amides is 1. The van der Waals surface area contributed by atoms with E-state index in [1.165, 1.54) is 0 Å². The van der Waals surface area contributed by atoms with E-state index < -0.39 is 5.60 Å². The summed E-state index contributed by atoms with van der Waals surface area (Å²) in [4.78, 5) is 27.8. The number of nitrogens with zero attached hydrogens (tertiary/aromatic N) is 4. The molecule has 1 aliphatic rings. The highest BCUT2D eigenvalue weighted by atomic mass is 16.6. The summed E-state index contributed by atoms with van der Waals surface area (Å²) in [6.07, 6.45) is -0.285. The first kappa shape index (κ1) is 16.2. The van der Waals surface area contributed by atoms with Crippen LogP contribution < -0.4 is 10.5 Å². The van der Waals surface area contributed by atoms with E-state index in [1.807, 2.05) is 32.9 Å². The summed E-state index contributed by atoms with van der Waals surface area (Å²) in [5, 5.41) is 10.3. The number of aromatic nitrogens is 3. The van der Waals surface area contributed by atoms with Crippen molar-refractivity contribution in [1.82, 2.24) is 20.3 Å². The lowest BCUT2D eigenvalue weighted by atomic mass is 10.2. The van der Waals surface area contributed by atoms with E-state index in [0.717, 1.165) is 5.69 Å². The van der Waals surface area contributed by atoms with Gasteiger partial charge in [-0.1, -0.05) is 5.21 Å². The molecule has 1 N–H and O–H groups in total. The van der Waals surface area contributed by atoms with Gasteiger partial charge >= 0.3 is 6.09 Å². The number of carbonyl (C=O) groups is 1. The number of carbonyl (C=O) groups excluding carboxylic acids is 1. The van der Waals surface area contributed by atoms with Crippen molar-refractivity contribution in [2.75, 3.05) is 31.1 Å². The van der Waals surface area contributed by atoms with E-state index in [0.29, 0.717) is 37.1 Å². The molecule has 1 amide bonds. The van der Waals surface area contributed by atoms with Crippen molar-refractivity contribution in [3.63, 3.8) is 0 Å². The highest BCUT2D eigenvalue weighted by molar-refractivity contribution is 5.81. The van der Waals surface area contributed by atoms with E-state index in [1.54, 1.807) is 11.0 Å². The second-order valence-corrected chi connectivity index (χ2v) is 6.80. The van der Waals surface area contributed by atoms with Crippen molar-refractivity contribution in [2.24, 2.45) is 0 Å². The zero-order chi connectivity index (χ0) is 17.3. The van der Waals surface area contributed by atoms with Crippen LogP contribution in [0.25, 0.3) is 10.9 Å². The molecule has 1 saturated heterocycles. The lowest BCUT2D eigenvalue weighted by Gasteiger charge is -2.36. The number of ether oxygens (including phenoxy) is 1. The quantitative estimate of drug-likeness (QED) is 0.849. The van der Waals surface area contributed by atoms with Crippen LogP contribution >= 0.6 is 0 Å². The Labute approximate surface area is 139 Å². The van der Waals surface area contributed by atoms with E-state index in [9.17, 15) is 9.59 Å². The van der Waals surface area contributed by atoms with Gasteiger partial charge in [0, 0.05) is 31.9 Å². The lowest BCUT2D eigenvalue weighted by Crippen LogP contribution is -2.50. The van der Waals surface area contributed by atoms with Gasteiger partial charge in [-0.25, -0.2) is 9.89 Å². The van der Waals surface area contributed by atoms with Crippen LogP contribution in [0.1, 0.15) is 20.8 Å². The zero-order valence-electron chi connectivity index (χ0n) is 14.1.